The Labute approximate surface area is 91.7 Å². The number of anilines is 1. The molecule has 6 heteroatoms. The van der Waals surface area contributed by atoms with E-state index in [4.69, 9.17) is 4.74 Å². The highest BCUT2D eigenvalue weighted by molar-refractivity contribution is 5.86. The number of rotatable bonds is 2. The molecular weight excluding hydrogens is 208 g/mol. The summed E-state index contributed by atoms with van der Waals surface area (Å²) in [5.74, 6) is 0.395. The van der Waals surface area contributed by atoms with Crippen LogP contribution in [-0.4, -0.2) is 27.7 Å². The van der Waals surface area contributed by atoms with Gasteiger partial charge in [-0.05, 0) is 6.92 Å². The maximum atomic E-state index is 11.1. The average Bonchev–Trinajstić information content (AvgIpc) is 2.29. The number of amides is 1. The molecule has 82 valence electrons. The molecule has 0 saturated carbocycles. The van der Waals surface area contributed by atoms with Gasteiger partial charge < -0.3 is 4.74 Å². The molecule has 0 aliphatic rings. The van der Waals surface area contributed by atoms with E-state index >= 15 is 0 Å². The van der Waals surface area contributed by atoms with E-state index in [2.05, 4.69) is 20.3 Å². The third kappa shape index (κ3) is 2.22. The van der Waals surface area contributed by atoms with Gasteiger partial charge in [0.25, 0.3) is 0 Å². The molecule has 0 bridgehead atoms. The molecule has 1 N–H and O–H groups in total. The van der Waals surface area contributed by atoms with Crippen molar-refractivity contribution < 1.29 is 9.53 Å². The minimum Gasteiger partial charge on any atom is -0.450 e. The third-order valence-corrected chi connectivity index (χ3v) is 1.86. The van der Waals surface area contributed by atoms with Gasteiger partial charge in [-0.15, -0.1) is 0 Å². The zero-order chi connectivity index (χ0) is 11.4. The highest BCUT2D eigenvalue weighted by Gasteiger charge is 2.04. The first-order valence-corrected chi connectivity index (χ1v) is 4.80. The summed E-state index contributed by atoms with van der Waals surface area (Å²) in [5, 5.41) is 2.49. The molecular formula is C10H10N4O2. The minimum absolute atomic E-state index is 0.319. The van der Waals surface area contributed by atoms with Crippen molar-refractivity contribution >= 4 is 22.9 Å². The van der Waals surface area contributed by atoms with Crippen molar-refractivity contribution in [1.29, 1.82) is 0 Å². The molecule has 0 unspecified atom stereocenters. The van der Waals surface area contributed by atoms with Gasteiger partial charge in [-0.25, -0.2) is 9.78 Å². The molecule has 0 aromatic carbocycles. The first kappa shape index (κ1) is 10.3. The van der Waals surface area contributed by atoms with Gasteiger partial charge in [0.1, 0.15) is 11.3 Å². The Hall–Kier alpha value is -2.24. The highest BCUT2D eigenvalue weighted by atomic mass is 16.5. The number of aromatic nitrogens is 3. The number of hydrogen-bond donors (Lipinski definition) is 1. The number of carbonyl (C=O) groups excluding carboxylic acids is 1. The van der Waals surface area contributed by atoms with Crippen molar-refractivity contribution in [2.24, 2.45) is 0 Å². The second-order valence-electron chi connectivity index (χ2n) is 2.96. The van der Waals surface area contributed by atoms with Gasteiger partial charge in [0.15, 0.2) is 0 Å². The lowest BCUT2D eigenvalue weighted by atomic mass is 10.4. The van der Waals surface area contributed by atoms with Crippen molar-refractivity contribution in [3.63, 3.8) is 0 Å². The summed E-state index contributed by atoms with van der Waals surface area (Å²) >= 11 is 0. The lowest BCUT2D eigenvalue weighted by Crippen LogP contribution is -2.14. The molecule has 16 heavy (non-hydrogen) atoms. The summed E-state index contributed by atoms with van der Waals surface area (Å²) < 4.78 is 4.73. The zero-order valence-electron chi connectivity index (χ0n) is 8.67. The SMILES string of the molecule is CCOC(=O)Nc1cc2nccnc2cn1. The Morgan fingerprint density at radius 3 is 2.81 bits per heavy atom. The van der Waals surface area contributed by atoms with E-state index in [1.165, 1.54) is 0 Å². The number of hydrogen-bond acceptors (Lipinski definition) is 5. The number of nitrogens with one attached hydrogen (secondary N) is 1. The number of fused-ring (bicyclic) bond motifs is 1. The van der Waals surface area contributed by atoms with Crippen LogP contribution in [0.5, 0.6) is 0 Å². The Balaban J connectivity index is 2.22. The van der Waals surface area contributed by atoms with Gasteiger partial charge >= 0.3 is 6.09 Å². The quantitative estimate of drug-likeness (QED) is 0.828. The van der Waals surface area contributed by atoms with E-state index in [0.717, 1.165) is 0 Å². The molecule has 0 spiro atoms. The lowest BCUT2D eigenvalue weighted by molar-refractivity contribution is 0.168. The summed E-state index contributed by atoms with van der Waals surface area (Å²) in [5.41, 5.74) is 1.35. The van der Waals surface area contributed by atoms with Crippen LogP contribution in [0.3, 0.4) is 0 Å². The summed E-state index contributed by atoms with van der Waals surface area (Å²) in [4.78, 5) is 23.3. The fraction of sp³-hybridized carbons (Fsp3) is 0.200. The zero-order valence-corrected chi connectivity index (χ0v) is 8.67. The van der Waals surface area contributed by atoms with Crippen LogP contribution in [-0.2, 0) is 4.74 Å². The molecule has 0 fully saturated rings. The number of ether oxygens (including phenoxy) is 1. The standard InChI is InChI=1S/C10H10N4O2/c1-2-16-10(15)14-9-5-7-8(6-13-9)12-4-3-11-7/h3-6H,2H2,1H3,(H,13,14,15). The average molecular weight is 218 g/mol. The van der Waals surface area contributed by atoms with Gasteiger partial charge in [0.2, 0.25) is 0 Å². The van der Waals surface area contributed by atoms with E-state index in [9.17, 15) is 4.79 Å². The summed E-state index contributed by atoms with van der Waals surface area (Å²) in [7, 11) is 0. The fourth-order valence-corrected chi connectivity index (χ4v) is 1.21. The van der Waals surface area contributed by atoms with Crippen molar-refractivity contribution in [1.82, 2.24) is 15.0 Å². The summed E-state index contributed by atoms with van der Waals surface area (Å²) in [6.07, 6.45) is 4.18. The molecule has 0 atom stereocenters. The predicted molar refractivity (Wildman–Crippen MR) is 58.0 cm³/mol. The van der Waals surface area contributed by atoms with Crippen LogP contribution in [0.15, 0.2) is 24.7 Å². The van der Waals surface area contributed by atoms with Crippen LogP contribution >= 0.6 is 0 Å². The predicted octanol–water partition coefficient (Wildman–Crippen LogP) is 1.59. The molecule has 2 rings (SSSR count). The molecule has 0 aliphatic heterocycles. The van der Waals surface area contributed by atoms with Gasteiger partial charge in [-0.3, -0.25) is 15.3 Å². The van der Waals surface area contributed by atoms with Gasteiger partial charge in [0, 0.05) is 18.5 Å². The first-order valence-electron chi connectivity index (χ1n) is 4.80. The van der Waals surface area contributed by atoms with Crippen molar-refractivity contribution in [2.75, 3.05) is 11.9 Å². The Bertz CT molecular complexity index is 515. The topological polar surface area (TPSA) is 77.0 Å². The van der Waals surface area contributed by atoms with Gasteiger partial charge in [0.05, 0.1) is 18.3 Å². The van der Waals surface area contributed by atoms with Crippen LogP contribution in [0.2, 0.25) is 0 Å². The second kappa shape index (κ2) is 4.52. The molecule has 0 saturated heterocycles. The number of nitrogens with zero attached hydrogens (tertiary/aromatic N) is 3. The van der Waals surface area contributed by atoms with Crippen molar-refractivity contribution in [3.8, 4) is 0 Å². The van der Waals surface area contributed by atoms with E-state index in [-0.39, 0.29) is 0 Å². The highest BCUT2D eigenvalue weighted by Crippen LogP contribution is 2.11. The van der Waals surface area contributed by atoms with Crippen LogP contribution in [0.1, 0.15) is 6.92 Å². The van der Waals surface area contributed by atoms with Gasteiger partial charge in [-0.2, -0.15) is 0 Å². The van der Waals surface area contributed by atoms with Crippen molar-refractivity contribution in [3.05, 3.63) is 24.7 Å². The molecule has 2 aromatic heterocycles. The van der Waals surface area contributed by atoms with Crippen LogP contribution in [0.4, 0.5) is 10.6 Å². The fourth-order valence-electron chi connectivity index (χ4n) is 1.21. The van der Waals surface area contributed by atoms with Crippen molar-refractivity contribution in [2.45, 2.75) is 6.92 Å². The maximum Gasteiger partial charge on any atom is 0.412 e. The van der Waals surface area contributed by atoms with Crippen LogP contribution in [0, 0.1) is 0 Å². The Morgan fingerprint density at radius 2 is 2.06 bits per heavy atom. The molecule has 1 amide bonds. The first-order chi connectivity index (χ1) is 7.79. The van der Waals surface area contributed by atoms with E-state index < -0.39 is 6.09 Å². The normalized spacial score (nSPS) is 10.1. The monoisotopic (exact) mass is 218 g/mol. The second-order valence-corrected chi connectivity index (χ2v) is 2.96. The smallest absolute Gasteiger partial charge is 0.412 e. The van der Waals surface area contributed by atoms with E-state index in [1.54, 1.807) is 31.6 Å². The molecule has 2 aromatic rings. The summed E-state index contributed by atoms with van der Waals surface area (Å²) in [6.45, 7) is 2.05. The Morgan fingerprint density at radius 1 is 1.31 bits per heavy atom. The number of pyridine rings is 1. The lowest BCUT2D eigenvalue weighted by Gasteiger charge is -2.04. The van der Waals surface area contributed by atoms with Crippen LogP contribution in [0.25, 0.3) is 11.0 Å². The van der Waals surface area contributed by atoms with Crippen LogP contribution < -0.4 is 5.32 Å². The maximum absolute atomic E-state index is 11.1. The molecule has 0 aliphatic carbocycles. The van der Waals surface area contributed by atoms with Gasteiger partial charge in [-0.1, -0.05) is 0 Å². The Kier molecular flexibility index (Phi) is 2.90. The summed E-state index contributed by atoms with van der Waals surface area (Å²) in [6, 6.07) is 1.64. The minimum atomic E-state index is -0.529. The third-order valence-electron chi connectivity index (χ3n) is 1.86. The molecule has 6 nitrogen and oxygen atoms in total. The van der Waals surface area contributed by atoms with E-state index in [0.29, 0.717) is 23.5 Å². The number of carbonyl (C=O) groups is 1. The molecule has 0 radical (unpaired) electrons. The molecule has 2 heterocycles. The van der Waals surface area contributed by atoms with E-state index in [1.807, 2.05) is 0 Å². The largest absolute Gasteiger partial charge is 0.450 e.